The van der Waals surface area contributed by atoms with E-state index in [0.717, 1.165) is 122 Å². The van der Waals surface area contributed by atoms with E-state index in [4.69, 9.17) is 14.2 Å². The van der Waals surface area contributed by atoms with Crippen LogP contribution in [0.2, 0.25) is 0 Å². The van der Waals surface area contributed by atoms with Gasteiger partial charge in [-0.3, -0.25) is 14.4 Å². The molecule has 380 valence electrons. The molecule has 0 aliphatic rings. The minimum absolute atomic E-state index is 0.108. The lowest BCUT2D eigenvalue weighted by atomic mass is 10.1. The molecular formula is C61H100O6. The lowest BCUT2D eigenvalue weighted by molar-refractivity contribution is -0.167. The lowest BCUT2D eigenvalue weighted by Gasteiger charge is -2.18. The third kappa shape index (κ3) is 52.9. The van der Waals surface area contributed by atoms with Crippen molar-refractivity contribution in [2.24, 2.45) is 0 Å². The van der Waals surface area contributed by atoms with E-state index in [-0.39, 0.29) is 37.5 Å². The first-order valence-electron chi connectivity index (χ1n) is 27.4. The molecule has 0 rings (SSSR count). The van der Waals surface area contributed by atoms with Gasteiger partial charge in [0.15, 0.2) is 6.10 Å². The van der Waals surface area contributed by atoms with Crippen molar-refractivity contribution in [3.05, 3.63) is 109 Å². The molecule has 0 aliphatic carbocycles. The Kier molecular flexibility index (Phi) is 51.5. The average Bonchev–Trinajstić information content (AvgIpc) is 3.33. The molecule has 6 nitrogen and oxygen atoms in total. The maximum absolute atomic E-state index is 12.8. The van der Waals surface area contributed by atoms with Gasteiger partial charge in [0, 0.05) is 19.3 Å². The van der Waals surface area contributed by atoms with Gasteiger partial charge in [-0.2, -0.15) is 0 Å². The minimum atomic E-state index is -0.813. The van der Waals surface area contributed by atoms with Crippen LogP contribution >= 0.6 is 0 Å². The SMILES string of the molecule is CCCC/C=C\CCCCCCCC(=O)OC[C@H](COC(=O)CCCCC/C=C\C/C=C\C/C=C\C/C=C\CCCCC)OC(=O)CCCCC/C=C\C/C=C\C/C=C\C/C=C\CCCCC. The predicted molar refractivity (Wildman–Crippen MR) is 288 cm³/mol. The maximum atomic E-state index is 12.8. The van der Waals surface area contributed by atoms with Crippen molar-refractivity contribution in [3.8, 4) is 0 Å². The van der Waals surface area contributed by atoms with Crippen LogP contribution in [0.3, 0.4) is 0 Å². The zero-order valence-electron chi connectivity index (χ0n) is 43.4. The second-order valence-corrected chi connectivity index (χ2v) is 17.8. The van der Waals surface area contributed by atoms with Crippen LogP contribution in [0.5, 0.6) is 0 Å². The second kappa shape index (κ2) is 54.7. The molecule has 0 aromatic rings. The van der Waals surface area contributed by atoms with Gasteiger partial charge in [-0.15, -0.1) is 0 Å². The number of unbranched alkanes of at least 4 members (excludes halogenated alkanes) is 19. The molecule has 0 saturated carbocycles. The summed E-state index contributed by atoms with van der Waals surface area (Å²) in [5.74, 6) is -0.984. The molecule has 0 unspecified atom stereocenters. The van der Waals surface area contributed by atoms with Crippen LogP contribution < -0.4 is 0 Å². The van der Waals surface area contributed by atoms with Crippen molar-refractivity contribution >= 4 is 17.9 Å². The minimum Gasteiger partial charge on any atom is -0.462 e. The standard InChI is InChI=1S/C61H100O6/c1-4-7-10-13-16-19-22-24-26-28-30-32-34-36-39-42-45-48-51-54-60(63)66-57-58(56-65-59(62)53-50-47-44-41-38-21-18-15-12-9-6-3)67-61(64)55-52-49-46-43-40-37-35-33-31-29-27-25-23-20-17-14-11-8-5-2/h15-20,24-27,30-33,36-37,39-40,58H,4-14,21-23,28-29,34-35,38,41-57H2,1-3H3/b18-15-,19-16-,20-17-,26-24-,27-25-,32-30-,33-31-,39-36-,40-37-/t58-/m1/s1. The molecule has 0 aromatic carbocycles. The zero-order chi connectivity index (χ0) is 48.6. The highest BCUT2D eigenvalue weighted by molar-refractivity contribution is 5.71. The highest BCUT2D eigenvalue weighted by Gasteiger charge is 2.19. The number of esters is 3. The average molecular weight is 929 g/mol. The topological polar surface area (TPSA) is 78.9 Å². The molecule has 0 aliphatic heterocycles. The first kappa shape index (κ1) is 63.1. The van der Waals surface area contributed by atoms with Crippen LogP contribution in [0.15, 0.2) is 109 Å². The predicted octanol–water partition coefficient (Wildman–Crippen LogP) is 18.3. The van der Waals surface area contributed by atoms with Crippen LogP contribution in [-0.4, -0.2) is 37.2 Å². The summed E-state index contributed by atoms with van der Waals surface area (Å²) in [5.41, 5.74) is 0. The van der Waals surface area contributed by atoms with Gasteiger partial charge in [-0.05, 0) is 128 Å². The highest BCUT2D eigenvalue weighted by Crippen LogP contribution is 2.12. The van der Waals surface area contributed by atoms with Crippen LogP contribution in [0.4, 0.5) is 0 Å². The Hall–Kier alpha value is -3.93. The van der Waals surface area contributed by atoms with Crippen LogP contribution in [0.1, 0.15) is 239 Å². The van der Waals surface area contributed by atoms with E-state index in [1.54, 1.807) is 0 Å². The summed E-state index contributed by atoms with van der Waals surface area (Å²) in [6.07, 6.45) is 73.6. The summed E-state index contributed by atoms with van der Waals surface area (Å²) in [4.78, 5) is 38.0. The van der Waals surface area contributed by atoms with E-state index >= 15 is 0 Å². The van der Waals surface area contributed by atoms with E-state index in [0.29, 0.717) is 12.8 Å². The largest absolute Gasteiger partial charge is 0.462 e. The molecule has 1 atom stereocenters. The summed E-state index contributed by atoms with van der Waals surface area (Å²) in [6.45, 7) is 6.47. The Labute approximate surface area is 412 Å². The van der Waals surface area contributed by atoms with E-state index in [9.17, 15) is 14.4 Å². The first-order chi connectivity index (χ1) is 33.0. The monoisotopic (exact) mass is 929 g/mol. The quantitative estimate of drug-likeness (QED) is 0.0262. The summed E-state index contributed by atoms with van der Waals surface area (Å²) < 4.78 is 16.8. The Balaban J connectivity index is 4.50. The molecule has 6 heteroatoms. The molecule has 0 aromatic heterocycles. The third-order valence-corrected chi connectivity index (χ3v) is 11.2. The van der Waals surface area contributed by atoms with E-state index in [1.165, 1.54) is 77.0 Å². The van der Waals surface area contributed by atoms with Crippen LogP contribution in [-0.2, 0) is 28.6 Å². The normalized spacial score (nSPS) is 12.9. The van der Waals surface area contributed by atoms with Gasteiger partial charge >= 0.3 is 17.9 Å². The van der Waals surface area contributed by atoms with Gasteiger partial charge in [-0.25, -0.2) is 0 Å². The van der Waals surface area contributed by atoms with Gasteiger partial charge < -0.3 is 14.2 Å². The fourth-order valence-corrected chi connectivity index (χ4v) is 7.04. The van der Waals surface area contributed by atoms with E-state index < -0.39 is 6.10 Å². The number of hydrogen-bond donors (Lipinski definition) is 0. The summed E-state index contributed by atoms with van der Waals surface area (Å²) in [5, 5.41) is 0. The Bertz CT molecular complexity index is 1390. The Morgan fingerprint density at radius 1 is 0.299 bits per heavy atom. The smallest absolute Gasteiger partial charge is 0.306 e. The van der Waals surface area contributed by atoms with Gasteiger partial charge in [0.1, 0.15) is 13.2 Å². The maximum Gasteiger partial charge on any atom is 0.306 e. The van der Waals surface area contributed by atoms with Crippen molar-refractivity contribution in [1.29, 1.82) is 0 Å². The van der Waals surface area contributed by atoms with Crippen molar-refractivity contribution in [1.82, 2.24) is 0 Å². The number of rotatable bonds is 48. The van der Waals surface area contributed by atoms with E-state index in [1.807, 2.05) is 0 Å². The summed E-state index contributed by atoms with van der Waals surface area (Å²) in [7, 11) is 0. The molecule has 0 radical (unpaired) electrons. The summed E-state index contributed by atoms with van der Waals surface area (Å²) >= 11 is 0. The fraction of sp³-hybridized carbons (Fsp3) is 0.656. The number of hydrogen-bond acceptors (Lipinski definition) is 6. The number of allylic oxidation sites excluding steroid dienone is 18. The molecule has 0 saturated heterocycles. The Morgan fingerprint density at radius 3 is 0.910 bits per heavy atom. The van der Waals surface area contributed by atoms with Crippen molar-refractivity contribution in [2.75, 3.05) is 13.2 Å². The second-order valence-electron chi connectivity index (χ2n) is 17.8. The van der Waals surface area contributed by atoms with Crippen LogP contribution in [0.25, 0.3) is 0 Å². The first-order valence-corrected chi connectivity index (χ1v) is 27.4. The van der Waals surface area contributed by atoms with E-state index in [2.05, 4.69) is 130 Å². The van der Waals surface area contributed by atoms with Gasteiger partial charge in [0.2, 0.25) is 0 Å². The zero-order valence-corrected chi connectivity index (χ0v) is 43.4. The molecule has 0 amide bonds. The molecule has 0 spiro atoms. The van der Waals surface area contributed by atoms with Gasteiger partial charge in [0.05, 0.1) is 0 Å². The number of ether oxygens (including phenoxy) is 3. The van der Waals surface area contributed by atoms with Crippen molar-refractivity contribution in [3.63, 3.8) is 0 Å². The molecular weight excluding hydrogens is 829 g/mol. The van der Waals surface area contributed by atoms with Gasteiger partial charge in [0.25, 0.3) is 0 Å². The van der Waals surface area contributed by atoms with Crippen molar-refractivity contribution < 1.29 is 28.6 Å². The number of carbonyl (C=O) groups is 3. The molecule has 0 heterocycles. The highest BCUT2D eigenvalue weighted by atomic mass is 16.6. The van der Waals surface area contributed by atoms with Crippen molar-refractivity contribution in [2.45, 2.75) is 245 Å². The Morgan fingerprint density at radius 2 is 0.552 bits per heavy atom. The molecule has 0 N–H and O–H groups in total. The third-order valence-electron chi connectivity index (χ3n) is 11.2. The lowest BCUT2D eigenvalue weighted by Crippen LogP contribution is -2.30. The molecule has 67 heavy (non-hydrogen) atoms. The molecule has 0 bridgehead atoms. The summed E-state index contributed by atoms with van der Waals surface area (Å²) in [6, 6.07) is 0. The fourth-order valence-electron chi connectivity index (χ4n) is 7.04. The van der Waals surface area contributed by atoms with Crippen LogP contribution in [0, 0.1) is 0 Å². The number of carbonyl (C=O) groups excluding carboxylic acids is 3. The van der Waals surface area contributed by atoms with Gasteiger partial charge in [-0.1, -0.05) is 201 Å². The molecule has 0 fully saturated rings.